The summed E-state index contributed by atoms with van der Waals surface area (Å²) in [5, 5.41) is -0.284. The molecule has 1 heterocycles. The van der Waals surface area contributed by atoms with Crippen molar-refractivity contribution in [3.05, 3.63) is 64.6 Å². The van der Waals surface area contributed by atoms with Crippen LogP contribution in [0, 0.1) is 0 Å². The van der Waals surface area contributed by atoms with Crippen molar-refractivity contribution in [3.63, 3.8) is 0 Å². The van der Waals surface area contributed by atoms with Gasteiger partial charge in [-0.15, -0.1) is 0 Å². The molecule has 2 amide bonds. The summed E-state index contributed by atoms with van der Waals surface area (Å²) in [7, 11) is 1.48. The van der Waals surface area contributed by atoms with Crippen LogP contribution in [-0.2, 0) is 20.7 Å². The summed E-state index contributed by atoms with van der Waals surface area (Å²) in [4.78, 5) is 38.1. The predicted molar refractivity (Wildman–Crippen MR) is 118 cm³/mol. The SMILES string of the molecule is CCOC(=O)COc1ccc(/C=C2\SC(=O)N(CCc3ccccc3)C2=O)cc1OC. The van der Waals surface area contributed by atoms with Gasteiger partial charge in [-0.3, -0.25) is 14.5 Å². The zero-order chi connectivity index (χ0) is 22.2. The van der Waals surface area contributed by atoms with Gasteiger partial charge in [0.05, 0.1) is 18.6 Å². The van der Waals surface area contributed by atoms with Crippen LogP contribution in [0.3, 0.4) is 0 Å². The number of methoxy groups -OCH3 is 1. The van der Waals surface area contributed by atoms with Crippen LogP contribution in [0.4, 0.5) is 4.79 Å². The maximum atomic E-state index is 12.7. The van der Waals surface area contributed by atoms with Gasteiger partial charge in [-0.05, 0) is 54.4 Å². The average molecular weight is 442 g/mol. The number of esters is 1. The number of rotatable bonds is 9. The molecule has 0 unspecified atom stereocenters. The molecule has 3 rings (SSSR count). The number of benzene rings is 2. The van der Waals surface area contributed by atoms with E-state index in [2.05, 4.69) is 0 Å². The van der Waals surface area contributed by atoms with Crippen LogP contribution in [0.25, 0.3) is 6.08 Å². The fourth-order valence-corrected chi connectivity index (χ4v) is 3.83. The Labute approximate surface area is 185 Å². The third-order valence-corrected chi connectivity index (χ3v) is 5.38. The van der Waals surface area contributed by atoms with Crippen molar-refractivity contribution in [2.45, 2.75) is 13.3 Å². The van der Waals surface area contributed by atoms with Crippen molar-refractivity contribution in [2.24, 2.45) is 0 Å². The van der Waals surface area contributed by atoms with Crippen LogP contribution in [0.2, 0.25) is 0 Å². The number of imide groups is 1. The van der Waals surface area contributed by atoms with Gasteiger partial charge in [0, 0.05) is 6.54 Å². The van der Waals surface area contributed by atoms with Crippen molar-refractivity contribution >= 4 is 35.0 Å². The molecule has 2 aromatic rings. The molecule has 2 aromatic carbocycles. The molecule has 0 spiro atoms. The first kappa shape index (κ1) is 22.4. The van der Waals surface area contributed by atoms with Crippen LogP contribution >= 0.6 is 11.8 Å². The Kier molecular flexibility index (Phi) is 7.72. The molecule has 0 N–H and O–H groups in total. The van der Waals surface area contributed by atoms with Crippen molar-refractivity contribution in [3.8, 4) is 11.5 Å². The van der Waals surface area contributed by atoms with Gasteiger partial charge in [-0.25, -0.2) is 4.79 Å². The summed E-state index contributed by atoms with van der Waals surface area (Å²) in [5.41, 5.74) is 1.74. The van der Waals surface area contributed by atoms with Gasteiger partial charge >= 0.3 is 5.97 Å². The summed E-state index contributed by atoms with van der Waals surface area (Å²) in [6.07, 6.45) is 2.25. The summed E-state index contributed by atoms with van der Waals surface area (Å²) in [6.45, 7) is 2.09. The van der Waals surface area contributed by atoms with E-state index in [0.29, 0.717) is 34.9 Å². The van der Waals surface area contributed by atoms with E-state index in [-0.39, 0.29) is 24.4 Å². The van der Waals surface area contributed by atoms with Gasteiger partial charge in [-0.1, -0.05) is 36.4 Å². The van der Waals surface area contributed by atoms with Gasteiger partial charge in [0.15, 0.2) is 18.1 Å². The van der Waals surface area contributed by atoms with Gasteiger partial charge < -0.3 is 14.2 Å². The van der Waals surface area contributed by atoms with E-state index in [1.807, 2.05) is 30.3 Å². The molecule has 0 saturated carbocycles. The first-order valence-corrected chi connectivity index (χ1v) is 10.6. The lowest BCUT2D eigenvalue weighted by Gasteiger charge is -2.12. The van der Waals surface area contributed by atoms with Crippen molar-refractivity contribution in [1.82, 2.24) is 4.90 Å². The predicted octanol–water partition coefficient (Wildman–Crippen LogP) is 3.92. The number of ether oxygens (including phenoxy) is 3. The topological polar surface area (TPSA) is 82.1 Å². The lowest BCUT2D eigenvalue weighted by molar-refractivity contribution is -0.145. The quantitative estimate of drug-likeness (QED) is 0.431. The summed E-state index contributed by atoms with van der Waals surface area (Å²) in [6, 6.07) is 14.8. The first-order valence-electron chi connectivity index (χ1n) is 9.77. The fourth-order valence-electron chi connectivity index (χ4n) is 2.96. The second kappa shape index (κ2) is 10.7. The highest BCUT2D eigenvalue weighted by atomic mass is 32.2. The zero-order valence-corrected chi connectivity index (χ0v) is 18.1. The normalized spacial score (nSPS) is 14.8. The zero-order valence-electron chi connectivity index (χ0n) is 17.3. The lowest BCUT2D eigenvalue weighted by Crippen LogP contribution is -2.30. The van der Waals surface area contributed by atoms with Crippen molar-refractivity contribution < 1.29 is 28.6 Å². The molecule has 1 saturated heterocycles. The molecule has 0 aromatic heterocycles. The van der Waals surface area contributed by atoms with E-state index in [0.717, 1.165) is 17.3 Å². The van der Waals surface area contributed by atoms with Crippen LogP contribution < -0.4 is 9.47 Å². The Morgan fingerprint density at radius 1 is 1.10 bits per heavy atom. The Bertz CT molecular complexity index is 989. The lowest BCUT2D eigenvalue weighted by atomic mass is 10.1. The van der Waals surface area contributed by atoms with E-state index in [1.54, 1.807) is 31.2 Å². The molecule has 8 heteroatoms. The van der Waals surface area contributed by atoms with Gasteiger partial charge in [0.25, 0.3) is 11.1 Å². The maximum Gasteiger partial charge on any atom is 0.344 e. The Morgan fingerprint density at radius 3 is 2.58 bits per heavy atom. The molecule has 0 atom stereocenters. The van der Waals surface area contributed by atoms with E-state index in [1.165, 1.54) is 12.0 Å². The van der Waals surface area contributed by atoms with E-state index < -0.39 is 5.97 Å². The third-order valence-electron chi connectivity index (χ3n) is 4.48. The van der Waals surface area contributed by atoms with Gasteiger partial charge in [0.2, 0.25) is 0 Å². The Morgan fingerprint density at radius 2 is 1.87 bits per heavy atom. The average Bonchev–Trinajstić information content (AvgIpc) is 3.04. The molecule has 7 nitrogen and oxygen atoms in total. The highest BCUT2D eigenvalue weighted by Gasteiger charge is 2.34. The minimum Gasteiger partial charge on any atom is -0.493 e. The van der Waals surface area contributed by atoms with E-state index in [9.17, 15) is 14.4 Å². The van der Waals surface area contributed by atoms with Gasteiger partial charge in [-0.2, -0.15) is 0 Å². The first-order chi connectivity index (χ1) is 15.0. The van der Waals surface area contributed by atoms with Gasteiger partial charge in [0.1, 0.15) is 0 Å². The Balaban J connectivity index is 1.68. The maximum absolute atomic E-state index is 12.7. The molecule has 0 radical (unpaired) electrons. The summed E-state index contributed by atoms with van der Waals surface area (Å²) < 4.78 is 15.6. The smallest absolute Gasteiger partial charge is 0.344 e. The standard InChI is InChI=1S/C23H23NO6S/c1-3-29-21(25)15-30-18-10-9-17(13-19(18)28-2)14-20-22(26)24(23(27)31-20)12-11-16-7-5-4-6-8-16/h4-10,13-14H,3,11-12,15H2,1-2H3/b20-14-. The fraction of sp³-hybridized carbons (Fsp3) is 0.261. The number of amides is 2. The molecule has 1 fully saturated rings. The number of hydrogen-bond acceptors (Lipinski definition) is 7. The highest BCUT2D eigenvalue weighted by Crippen LogP contribution is 2.34. The monoisotopic (exact) mass is 441 g/mol. The summed E-state index contributed by atoms with van der Waals surface area (Å²) >= 11 is 0.914. The minimum absolute atomic E-state index is 0.232. The number of carbonyl (C=O) groups is 3. The van der Waals surface area contributed by atoms with Crippen molar-refractivity contribution in [2.75, 3.05) is 26.9 Å². The molecular formula is C23H23NO6S. The molecule has 1 aliphatic rings. The summed E-state index contributed by atoms with van der Waals surface area (Å²) in [5.74, 6) is -0.00429. The number of hydrogen-bond donors (Lipinski definition) is 0. The third kappa shape index (κ3) is 5.88. The van der Waals surface area contributed by atoms with Crippen molar-refractivity contribution in [1.29, 1.82) is 0 Å². The highest BCUT2D eigenvalue weighted by molar-refractivity contribution is 8.18. The minimum atomic E-state index is -0.474. The second-order valence-corrected chi connectivity index (χ2v) is 7.57. The number of thioether (sulfide) groups is 1. The molecule has 1 aliphatic heterocycles. The van der Waals surface area contributed by atoms with E-state index >= 15 is 0 Å². The van der Waals surface area contributed by atoms with Crippen LogP contribution in [-0.4, -0.2) is 48.9 Å². The Hall–Kier alpha value is -3.26. The molecule has 162 valence electrons. The number of carbonyl (C=O) groups excluding carboxylic acids is 3. The molecule has 0 aliphatic carbocycles. The largest absolute Gasteiger partial charge is 0.493 e. The van der Waals surface area contributed by atoms with Crippen LogP contribution in [0.5, 0.6) is 11.5 Å². The van der Waals surface area contributed by atoms with Crippen LogP contribution in [0.1, 0.15) is 18.1 Å². The molecule has 31 heavy (non-hydrogen) atoms. The molecular weight excluding hydrogens is 418 g/mol. The number of nitrogens with zero attached hydrogens (tertiary/aromatic N) is 1. The van der Waals surface area contributed by atoms with E-state index in [4.69, 9.17) is 14.2 Å². The molecule has 0 bridgehead atoms. The second-order valence-electron chi connectivity index (χ2n) is 6.57. The van der Waals surface area contributed by atoms with Crippen LogP contribution in [0.15, 0.2) is 53.4 Å².